The Kier molecular flexibility index (Phi) is 6.70. The van der Waals surface area contributed by atoms with Gasteiger partial charge in [-0.3, -0.25) is 0 Å². The lowest BCUT2D eigenvalue weighted by atomic mass is 10.1. The van der Waals surface area contributed by atoms with Gasteiger partial charge in [0.05, 0.1) is 12.7 Å². The van der Waals surface area contributed by atoms with Gasteiger partial charge in [-0.2, -0.15) is 0 Å². The maximum Gasteiger partial charge on any atom is 0.261 e. The molecule has 1 atom stereocenters. The highest BCUT2D eigenvalue weighted by molar-refractivity contribution is 5.18. The normalized spacial score (nSPS) is 12.9. The molecule has 1 aromatic rings. The van der Waals surface area contributed by atoms with Crippen LogP contribution in [0, 0.1) is 5.82 Å². The van der Waals surface area contributed by atoms with Gasteiger partial charge >= 0.3 is 0 Å². The fraction of sp³-hybridized carbons (Fsp3) is 0.500. The second-order valence-corrected chi connectivity index (χ2v) is 3.74. The molecule has 3 nitrogen and oxygen atoms in total. The number of aliphatic hydroxyl groups is 1. The van der Waals surface area contributed by atoms with Crippen molar-refractivity contribution in [3.8, 4) is 0 Å². The van der Waals surface area contributed by atoms with Crippen molar-refractivity contribution >= 4 is 0 Å². The first-order valence-electron chi connectivity index (χ1n) is 5.59. The van der Waals surface area contributed by atoms with Gasteiger partial charge in [-0.1, -0.05) is 12.1 Å². The van der Waals surface area contributed by atoms with E-state index in [2.05, 4.69) is 10.1 Å². The fourth-order valence-electron chi connectivity index (χ4n) is 1.39. The van der Waals surface area contributed by atoms with Gasteiger partial charge in [0.15, 0.2) is 0 Å². The summed E-state index contributed by atoms with van der Waals surface area (Å²) in [6.07, 6.45) is -3.31. The molecule has 0 bridgehead atoms. The molecule has 0 aromatic heterocycles. The van der Waals surface area contributed by atoms with Crippen LogP contribution in [0.5, 0.6) is 0 Å². The van der Waals surface area contributed by atoms with E-state index in [-0.39, 0.29) is 13.2 Å². The maximum atomic E-state index is 12.9. The van der Waals surface area contributed by atoms with Gasteiger partial charge in [0.2, 0.25) is 0 Å². The zero-order valence-electron chi connectivity index (χ0n) is 9.78. The van der Waals surface area contributed by atoms with Crippen LogP contribution in [0.4, 0.5) is 13.2 Å². The third kappa shape index (κ3) is 6.00. The lowest BCUT2D eigenvalue weighted by Crippen LogP contribution is -2.26. The maximum absolute atomic E-state index is 12.9. The monoisotopic (exact) mass is 263 g/mol. The van der Waals surface area contributed by atoms with Gasteiger partial charge in [-0.05, 0) is 17.7 Å². The molecule has 0 radical (unpaired) electrons. The molecule has 0 saturated heterocycles. The third-order valence-electron chi connectivity index (χ3n) is 2.24. The van der Waals surface area contributed by atoms with Crippen LogP contribution < -0.4 is 5.32 Å². The van der Waals surface area contributed by atoms with Crippen molar-refractivity contribution in [3.63, 3.8) is 0 Å². The Bertz CT molecular complexity index is 350. The molecule has 1 aromatic carbocycles. The lowest BCUT2D eigenvalue weighted by molar-refractivity contribution is 0.0181. The molecule has 18 heavy (non-hydrogen) atoms. The van der Waals surface area contributed by atoms with E-state index in [4.69, 9.17) is 0 Å². The molecular weight excluding hydrogens is 247 g/mol. The van der Waals surface area contributed by atoms with E-state index in [1.807, 2.05) is 0 Å². The largest absolute Gasteiger partial charge is 0.387 e. The molecule has 2 N–H and O–H groups in total. The van der Waals surface area contributed by atoms with E-state index in [0.29, 0.717) is 12.1 Å². The smallest absolute Gasteiger partial charge is 0.261 e. The predicted octanol–water partition coefficient (Wildman–Crippen LogP) is 1.73. The second kappa shape index (κ2) is 8.07. The molecule has 1 rings (SSSR count). The highest BCUT2D eigenvalue weighted by Crippen LogP contribution is 2.12. The molecular formula is C12H16F3NO2. The predicted molar refractivity (Wildman–Crippen MR) is 61.1 cm³/mol. The lowest BCUT2D eigenvalue weighted by Gasteiger charge is -2.12. The molecule has 1 unspecified atom stereocenters. The molecule has 6 heteroatoms. The van der Waals surface area contributed by atoms with Crippen molar-refractivity contribution in [1.82, 2.24) is 5.32 Å². The number of benzene rings is 1. The van der Waals surface area contributed by atoms with Crippen LogP contribution in [0.3, 0.4) is 0 Å². The van der Waals surface area contributed by atoms with Crippen molar-refractivity contribution in [2.24, 2.45) is 0 Å². The average Bonchev–Trinajstić information content (AvgIpc) is 2.33. The number of alkyl halides is 2. The molecule has 102 valence electrons. The van der Waals surface area contributed by atoms with Crippen molar-refractivity contribution in [3.05, 3.63) is 35.6 Å². The quantitative estimate of drug-likeness (QED) is 0.702. The van der Waals surface area contributed by atoms with E-state index in [1.54, 1.807) is 6.07 Å². The zero-order valence-corrected chi connectivity index (χ0v) is 9.78. The summed E-state index contributed by atoms with van der Waals surface area (Å²) in [6.45, 7) is 0.106. The van der Waals surface area contributed by atoms with Crippen LogP contribution in [0.25, 0.3) is 0 Å². The number of hydrogen-bond acceptors (Lipinski definition) is 3. The standard InChI is InChI=1S/C12H16F3NO2/c13-10-3-1-2-9(6-10)11(17)7-16-4-5-18-8-12(14)15/h1-3,6,11-12,16-17H,4-5,7-8H2. The van der Waals surface area contributed by atoms with Crippen LogP contribution >= 0.6 is 0 Å². The van der Waals surface area contributed by atoms with E-state index in [9.17, 15) is 18.3 Å². The van der Waals surface area contributed by atoms with E-state index in [0.717, 1.165) is 0 Å². The summed E-state index contributed by atoms with van der Waals surface area (Å²) in [6, 6.07) is 5.67. The van der Waals surface area contributed by atoms with Crippen LogP contribution in [-0.2, 0) is 4.74 Å². The number of hydrogen-bond donors (Lipinski definition) is 2. The van der Waals surface area contributed by atoms with Crippen LogP contribution in [-0.4, -0.2) is 37.8 Å². The summed E-state index contributed by atoms with van der Waals surface area (Å²) < 4.78 is 40.9. The Balaban J connectivity index is 2.15. The minimum Gasteiger partial charge on any atom is -0.387 e. The number of aliphatic hydroxyl groups excluding tert-OH is 1. The van der Waals surface area contributed by atoms with Gasteiger partial charge in [0.1, 0.15) is 12.4 Å². The second-order valence-electron chi connectivity index (χ2n) is 3.74. The average molecular weight is 263 g/mol. The van der Waals surface area contributed by atoms with Crippen LogP contribution in [0.1, 0.15) is 11.7 Å². The third-order valence-corrected chi connectivity index (χ3v) is 2.24. The number of ether oxygens (including phenoxy) is 1. The molecule has 0 spiro atoms. The summed E-state index contributed by atoms with van der Waals surface area (Å²) in [5.41, 5.74) is 0.469. The minimum absolute atomic E-state index is 0.139. The highest BCUT2D eigenvalue weighted by Gasteiger charge is 2.07. The first-order chi connectivity index (χ1) is 8.59. The Morgan fingerprint density at radius 1 is 1.33 bits per heavy atom. The fourth-order valence-corrected chi connectivity index (χ4v) is 1.39. The van der Waals surface area contributed by atoms with Crippen molar-refractivity contribution < 1.29 is 23.0 Å². The van der Waals surface area contributed by atoms with Gasteiger partial charge in [0.25, 0.3) is 6.43 Å². The molecule has 0 aliphatic heterocycles. The summed E-state index contributed by atoms with van der Waals surface area (Å²) in [7, 11) is 0. The van der Waals surface area contributed by atoms with Crippen LogP contribution in [0.15, 0.2) is 24.3 Å². The molecule has 0 fully saturated rings. The van der Waals surface area contributed by atoms with Gasteiger partial charge in [-0.25, -0.2) is 13.2 Å². The van der Waals surface area contributed by atoms with E-state index >= 15 is 0 Å². The zero-order chi connectivity index (χ0) is 13.4. The molecule has 0 amide bonds. The van der Waals surface area contributed by atoms with Crippen LogP contribution in [0.2, 0.25) is 0 Å². The minimum atomic E-state index is -2.47. The number of halogens is 3. The van der Waals surface area contributed by atoms with Crippen molar-refractivity contribution in [2.75, 3.05) is 26.3 Å². The molecule has 0 aliphatic carbocycles. The Morgan fingerprint density at radius 2 is 2.11 bits per heavy atom. The topological polar surface area (TPSA) is 41.5 Å². The summed E-state index contributed by atoms with van der Waals surface area (Å²) in [5, 5.41) is 12.5. The van der Waals surface area contributed by atoms with Crippen molar-refractivity contribution in [1.29, 1.82) is 0 Å². The Hall–Kier alpha value is -1.11. The van der Waals surface area contributed by atoms with Crippen molar-refractivity contribution in [2.45, 2.75) is 12.5 Å². The van der Waals surface area contributed by atoms with E-state index in [1.165, 1.54) is 18.2 Å². The molecule has 0 heterocycles. The highest BCUT2D eigenvalue weighted by atomic mass is 19.3. The SMILES string of the molecule is OC(CNCCOCC(F)F)c1cccc(F)c1. The first kappa shape index (κ1) is 14.9. The summed E-state index contributed by atoms with van der Waals surface area (Å²) in [4.78, 5) is 0. The number of rotatable bonds is 8. The Morgan fingerprint density at radius 3 is 2.78 bits per heavy atom. The molecule has 0 aliphatic rings. The molecule has 0 saturated carbocycles. The van der Waals surface area contributed by atoms with Gasteiger partial charge < -0.3 is 15.2 Å². The number of nitrogens with one attached hydrogen (secondary N) is 1. The first-order valence-corrected chi connectivity index (χ1v) is 5.59. The van der Waals surface area contributed by atoms with E-state index < -0.39 is 25.0 Å². The summed E-state index contributed by atoms with van der Waals surface area (Å²) in [5.74, 6) is -0.410. The van der Waals surface area contributed by atoms with Gasteiger partial charge in [-0.15, -0.1) is 0 Å². The summed E-state index contributed by atoms with van der Waals surface area (Å²) >= 11 is 0. The Labute approximate surface area is 104 Å². The van der Waals surface area contributed by atoms with Gasteiger partial charge in [0, 0.05) is 13.1 Å².